The third kappa shape index (κ3) is 4.20. The molecule has 4 heteroatoms. The highest BCUT2D eigenvalue weighted by Gasteiger charge is 2.12. The number of benzene rings is 1. The highest BCUT2D eigenvalue weighted by Crippen LogP contribution is 2.29. The quantitative estimate of drug-likeness (QED) is 0.837. The predicted octanol–water partition coefficient (Wildman–Crippen LogP) is 3.94. The van der Waals surface area contributed by atoms with Crippen molar-refractivity contribution in [3.8, 4) is 17.4 Å². The molecule has 2 aromatic rings. The average Bonchev–Trinajstić information content (AvgIpc) is 2.53. The molecule has 21 heavy (non-hydrogen) atoms. The summed E-state index contributed by atoms with van der Waals surface area (Å²) >= 11 is 0. The number of pyridine rings is 1. The van der Waals surface area contributed by atoms with E-state index in [0.29, 0.717) is 5.88 Å². The van der Waals surface area contributed by atoms with Crippen molar-refractivity contribution in [2.24, 2.45) is 0 Å². The number of nitrogens with one attached hydrogen (secondary N) is 1. The molecule has 0 radical (unpaired) electrons. The van der Waals surface area contributed by atoms with Crippen LogP contribution in [0.25, 0.3) is 0 Å². The van der Waals surface area contributed by atoms with Crippen LogP contribution in [0.2, 0.25) is 0 Å². The number of aromatic nitrogens is 1. The van der Waals surface area contributed by atoms with Gasteiger partial charge in [0.15, 0.2) is 0 Å². The summed E-state index contributed by atoms with van der Waals surface area (Å²) in [5.41, 5.74) is 1.05. The van der Waals surface area contributed by atoms with Crippen LogP contribution in [0.5, 0.6) is 17.4 Å². The van der Waals surface area contributed by atoms with Crippen molar-refractivity contribution in [2.45, 2.75) is 26.3 Å². The monoisotopic (exact) mass is 286 g/mol. The number of hydrogen-bond donors (Lipinski definition) is 1. The number of rotatable bonds is 7. The fraction of sp³-hybridized carbons (Fsp3) is 0.353. The van der Waals surface area contributed by atoms with Crippen LogP contribution in [0.15, 0.2) is 42.6 Å². The molecule has 4 nitrogen and oxygen atoms in total. The van der Waals surface area contributed by atoms with E-state index in [1.807, 2.05) is 36.4 Å². The van der Waals surface area contributed by atoms with Gasteiger partial charge in [0.1, 0.15) is 11.5 Å². The zero-order valence-electron chi connectivity index (χ0n) is 12.8. The van der Waals surface area contributed by atoms with E-state index in [-0.39, 0.29) is 6.04 Å². The lowest BCUT2D eigenvalue weighted by atomic mass is 10.1. The fourth-order valence-electron chi connectivity index (χ4n) is 2.07. The predicted molar refractivity (Wildman–Crippen MR) is 84.0 cm³/mol. The van der Waals surface area contributed by atoms with Gasteiger partial charge in [-0.25, -0.2) is 4.98 Å². The van der Waals surface area contributed by atoms with Gasteiger partial charge in [-0.1, -0.05) is 19.1 Å². The van der Waals surface area contributed by atoms with Gasteiger partial charge >= 0.3 is 0 Å². The number of methoxy groups -OCH3 is 1. The molecule has 0 spiro atoms. The van der Waals surface area contributed by atoms with E-state index >= 15 is 0 Å². The van der Waals surface area contributed by atoms with Crippen LogP contribution in [0.3, 0.4) is 0 Å². The van der Waals surface area contributed by atoms with Crippen LogP contribution in [0, 0.1) is 0 Å². The molecule has 0 saturated carbocycles. The smallest absolute Gasteiger partial charge is 0.223 e. The molecule has 1 aromatic carbocycles. The minimum absolute atomic E-state index is 0.194. The molecule has 0 amide bonds. The molecule has 112 valence electrons. The van der Waals surface area contributed by atoms with Crippen molar-refractivity contribution >= 4 is 0 Å². The minimum Gasteiger partial charge on any atom is -0.497 e. The average molecular weight is 286 g/mol. The Morgan fingerprint density at radius 1 is 1.19 bits per heavy atom. The molecule has 0 bridgehead atoms. The van der Waals surface area contributed by atoms with Crippen LogP contribution in [0.1, 0.15) is 31.9 Å². The third-order valence-corrected chi connectivity index (χ3v) is 3.22. The maximum Gasteiger partial charge on any atom is 0.223 e. The Kier molecular flexibility index (Phi) is 5.58. The molecular weight excluding hydrogens is 264 g/mol. The van der Waals surface area contributed by atoms with Gasteiger partial charge in [-0.3, -0.25) is 0 Å². The van der Waals surface area contributed by atoms with Crippen molar-refractivity contribution < 1.29 is 9.47 Å². The van der Waals surface area contributed by atoms with Gasteiger partial charge in [0.2, 0.25) is 5.88 Å². The molecule has 0 fully saturated rings. The molecule has 0 aliphatic heterocycles. The van der Waals surface area contributed by atoms with Crippen molar-refractivity contribution in [2.75, 3.05) is 13.7 Å². The van der Waals surface area contributed by atoms with Gasteiger partial charge < -0.3 is 14.8 Å². The first-order valence-electron chi connectivity index (χ1n) is 7.24. The summed E-state index contributed by atoms with van der Waals surface area (Å²) in [5.74, 6) is 2.11. The van der Waals surface area contributed by atoms with Crippen LogP contribution in [0.4, 0.5) is 0 Å². The second kappa shape index (κ2) is 7.64. The normalized spacial score (nSPS) is 12.0. The number of ether oxygens (including phenoxy) is 2. The van der Waals surface area contributed by atoms with E-state index in [9.17, 15) is 0 Å². The summed E-state index contributed by atoms with van der Waals surface area (Å²) in [6.07, 6.45) is 2.84. The van der Waals surface area contributed by atoms with Gasteiger partial charge in [0, 0.05) is 23.9 Å². The topological polar surface area (TPSA) is 43.4 Å². The zero-order chi connectivity index (χ0) is 15.1. The van der Waals surface area contributed by atoms with Gasteiger partial charge in [-0.15, -0.1) is 0 Å². The third-order valence-electron chi connectivity index (χ3n) is 3.22. The molecule has 0 aliphatic rings. The zero-order valence-corrected chi connectivity index (χ0v) is 12.8. The van der Waals surface area contributed by atoms with Gasteiger partial charge in [-0.2, -0.15) is 0 Å². The molecule has 1 aromatic heterocycles. The van der Waals surface area contributed by atoms with Crippen molar-refractivity contribution in [3.63, 3.8) is 0 Å². The summed E-state index contributed by atoms with van der Waals surface area (Å²) in [6, 6.07) is 11.7. The van der Waals surface area contributed by atoms with Crippen LogP contribution in [-0.2, 0) is 0 Å². The maximum absolute atomic E-state index is 5.92. The lowest BCUT2D eigenvalue weighted by Gasteiger charge is -2.17. The van der Waals surface area contributed by atoms with E-state index < -0.39 is 0 Å². The lowest BCUT2D eigenvalue weighted by Crippen LogP contribution is -2.20. The first-order valence-corrected chi connectivity index (χ1v) is 7.24. The van der Waals surface area contributed by atoms with Gasteiger partial charge in [0.05, 0.1) is 7.11 Å². The number of nitrogens with zero attached hydrogens (tertiary/aromatic N) is 1. The van der Waals surface area contributed by atoms with Gasteiger partial charge in [-0.05, 0) is 38.1 Å². The van der Waals surface area contributed by atoms with Gasteiger partial charge in [0.25, 0.3) is 0 Å². The van der Waals surface area contributed by atoms with E-state index in [2.05, 4.69) is 24.1 Å². The fourth-order valence-corrected chi connectivity index (χ4v) is 2.07. The Balaban J connectivity index is 2.19. The van der Waals surface area contributed by atoms with Crippen LogP contribution < -0.4 is 14.8 Å². The first kappa shape index (κ1) is 15.3. The summed E-state index contributed by atoms with van der Waals surface area (Å²) in [6.45, 7) is 5.23. The first-order chi connectivity index (χ1) is 10.2. The highest BCUT2D eigenvalue weighted by atomic mass is 16.5. The van der Waals surface area contributed by atoms with Crippen molar-refractivity contribution in [3.05, 3.63) is 48.2 Å². The number of hydrogen-bond acceptors (Lipinski definition) is 4. The standard InChI is InChI=1S/C17H22N2O2/c1-4-10-18-13(2)16-9-6-11-19-17(16)21-15-8-5-7-14(12-15)20-3/h5-9,11-13,18H,4,10H2,1-3H3. The molecule has 1 unspecified atom stereocenters. The highest BCUT2D eigenvalue weighted by molar-refractivity contribution is 5.38. The van der Waals surface area contributed by atoms with E-state index in [0.717, 1.165) is 30.0 Å². The molecule has 1 N–H and O–H groups in total. The molecule has 2 rings (SSSR count). The second-order valence-electron chi connectivity index (χ2n) is 4.85. The Bertz CT molecular complexity index is 572. The largest absolute Gasteiger partial charge is 0.497 e. The molecule has 0 aliphatic carbocycles. The lowest BCUT2D eigenvalue weighted by molar-refractivity contribution is 0.405. The van der Waals surface area contributed by atoms with E-state index in [1.165, 1.54) is 0 Å². The van der Waals surface area contributed by atoms with Crippen LogP contribution in [-0.4, -0.2) is 18.6 Å². The summed E-state index contributed by atoms with van der Waals surface area (Å²) in [7, 11) is 1.64. The van der Waals surface area contributed by atoms with Crippen molar-refractivity contribution in [1.82, 2.24) is 10.3 Å². The molecule has 1 atom stereocenters. The Morgan fingerprint density at radius 3 is 2.76 bits per heavy atom. The Morgan fingerprint density at radius 2 is 2.00 bits per heavy atom. The SMILES string of the molecule is CCCNC(C)c1cccnc1Oc1cccc(OC)c1. The molecule has 1 heterocycles. The molecular formula is C17H22N2O2. The second-order valence-corrected chi connectivity index (χ2v) is 4.85. The van der Waals surface area contributed by atoms with Crippen LogP contribution >= 0.6 is 0 Å². The van der Waals surface area contributed by atoms with E-state index in [1.54, 1.807) is 13.3 Å². The maximum atomic E-state index is 5.92. The Labute approximate surface area is 126 Å². The minimum atomic E-state index is 0.194. The summed E-state index contributed by atoms with van der Waals surface area (Å²) < 4.78 is 11.1. The van der Waals surface area contributed by atoms with E-state index in [4.69, 9.17) is 9.47 Å². The Hall–Kier alpha value is -2.07. The summed E-state index contributed by atoms with van der Waals surface area (Å²) in [5, 5.41) is 3.45. The summed E-state index contributed by atoms with van der Waals surface area (Å²) in [4.78, 5) is 4.36. The van der Waals surface area contributed by atoms with Crippen molar-refractivity contribution in [1.29, 1.82) is 0 Å². The molecule has 0 saturated heterocycles.